The van der Waals surface area contributed by atoms with E-state index in [0.717, 1.165) is 0 Å². The minimum Gasteiger partial charge on any atom is -0.165 e. The zero-order valence-electron chi connectivity index (χ0n) is 7.15. The van der Waals surface area contributed by atoms with Crippen LogP contribution in [-0.2, 0) is 0 Å². The average molecular weight is 158 g/mol. The van der Waals surface area contributed by atoms with Gasteiger partial charge in [-0.25, -0.2) is 0 Å². The molecule has 0 aromatic rings. The summed E-state index contributed by atoms with van der Waals surface area (Å²) < 4.78 is 0. The summed E-state index contributed by atoms with van der Waals surface area (Å²) in [5, 5.41) is 0. The standard InChI is InChI=1S/C9H18S/c1-9(8-10-2)6-4-3-5-7-9/h3-8H2,1-2H3. The molecule has 1 heteroatoms. The first-order valence-corrected chi connectivity index (χ1v) is 5.65. The summed E-state index contributed by atoms with van der Waals surface area (Å²) in [5.41, 5.74) is 0.692. The molecule has 1 aliphatic carbocycles. The van der Waals surface area contributed by atoms with Gasteiger partial charge in [-0.05, 0) is 30.3 Å². The van der Waals surface area contributed by atoms with E-state index in [0.29, 0.717) is 5.41 Å². The van der Waals surface area contributed by atoms with Crippen molar-refractivity contribution in [2.45, 2.75) is 39.0 Å². The lowest BCUT2D eigenvalue weighted by Gasteiger charge is -2.32. The second-order valence-electron chi connectivity index (χ2n) is 3.80. The number of hydrogen-bond donors (Lipinski definition) is 0. The van der Waals surface area contributed by atoms with Crippen LogP contribution >= 0.6 is 11.8 Å². The molecule has 0 nitrogen and oxygen atoms in total. The molecule has 0 aliphatic heterocycles. The van der Waals surface area contributed by atoms with Crippen LogP contribution in [0, 0.1) is 5.41 Å². The average Bonchev–Trinajstić information content (AvgIpc) is 1.89. The van der Waals surface area contributed by atoms with Gasteiger partial charge in [0, 0.05) is 0 Å². The highest BCUT2D eigenvalue weighted by Crippen LogP contribution is 2.37. The number of rotatable bonds is 2. The SMILES string of the molecule is CSCC1(C)CCCCC1. The summed E-state index contributed by atoms with van der Waals surface area (Å²) in [6.45, 7) is 2.45. The van der Waals surface area contributed by atoms with Crippen LogP contribution < -0.4 is 0 Å². The Bertz CT molecular complexity index is 87.4. The fraction of sp³-hybridized carbons (Fsp3) is 1.00. The van der Waals surface area contributed by atoms with Crippen LogP contribution in [0.15, 0.2) is 0 Å². The van der Waals surface area contributed by atoms with E-state index in [1.807, 2.05) is 11.8 Å². The number of thioether (sulfide) groups is 1. The van der Waals surface area contributed by atoms with Gasteiger partial charge < -0.3 is 0 Å². The first-order valence-electron chi connectivity index (χ1n) is 4.26. The predicted molar refractivity (Wildman–Crippen MR) is 49.6 cm³/mol. The van der Waals surface area contributed by atoms with Crippen molar-refractivity contribution in [2.75, 3.05) is 12.0 Å². The van der Waals surface area contributed by atoms with Gasteiger partial charge in [-0.1, -0.05) is 26.2 Å². The van der Waals surface area contributed by atoms with Crippen molar-refractivity contribution in [3.8, 4) is 0 Å². The molecule has 0 saturated heterocycles. The molecule has 1 saturated carbocycles. The van der Waals surface area contributed by atoms with Crippen molar-refractivity contribution in [2.24, 2.45) is 5.41 Å². The summed E-state index contributed by atoms with van der Waals surface area (Å²) in [7, 11) is 0. The molecular weight excluding hydrogens is 140 g/mol. The summed E-state index contributed by atoms with van der Waals surface area (Å²) in [5.74, 6) is 1.37. The maximum Gasteiger partial charge on any atom is -0.00162 e. The van der Waals surface area contributed by atoms with Gasteiger partial charge in [0.15, 0.2) is 0 Å². The Morgan fingerprint density at radius 1 is 1.20 bits per heavy atom. The van der Waals surface area contributed by atoms with Crippen LogP contribution in [0.2, 0.25) is 0 Å². The van der Waals surface area contributed by atoms with Gasteiger partial charge in [0.25, 0.3) is 0 Å². The van der Waals surface area contributed by atoms with Crippen molar-refractivity contribution < 1.29 is 0 Å². The molecule has 0 unspecified atom stereocenters. The van der Waals surface area contributed by atoms with Gasteiger partial charge in [-0.15, -0.1) is 0 Å². The molecule has 0 heterocycles. The first-order chi connectivity index (χ1) is 4.77. The molecule has 10 heavy (non-hydrogen) atoms. The van der Waals surface area contributed by atoms with E-state index in [1.54, 1.807) is 0 Å². The second kappa shape index (κ2) is 3.66. The monoisotopic (exact) mass is 158 g/mol. The van der Waals surface area contributed by atoms with Crippen LogP contribution in [0.5, 0.6) is 0 Å². The van der Waals surface area contributed by atoms with E-state index in [2.05, 4.69) is 13.2 Å². The van der Waals surface area contributed by atoms with Crippen LogP contribution in [0.3, 0.4) is 0 Å². The lowest BCUT2D eigenvalue weighted by molar-refractivity contribution is 0.251. The third-order valence-corrected chi connectivity index (χ3v) is 3.54. The Morgan fingerprint density at radius 2 is 1.80 bits per heavy atom. The second-order valence-corrected chi connectivity index (χ2v) is 4.67. The Labute approximate surface area is 68.8 Å². The maximum absolute atomic E-state index is 2.45. The van der Waals surface area contributed by atoms with E-state index in [-0.39, 0.29) is 0 Å². The van der Waals surface area contributed by atoms with Crippen molar-refractivity contribution in [1.29, 1.82) is 0 Å². The third-order valence-electron chi connectivity index (χ3n) is 2.55. The molecular formula is C9H18S. The van der Waals surface area contributed by atoms with Gasteiger partial charge in [0.1, 0.15) is 0 Å². The van der Waals surface area contributed by atoms with E-state index < -0.39 is 0 Å². The first kappa shape index (κ1) is 8.45. The molecule has 0 aromatic carbocycles. The van der Waals surface area contributed by atoms with Gasteiger partial charge in [-0.2, -0.15) is 11.8 Å². The van der Waals surface area contributed by atoms with Gasteiger partial charge >= 0.3 is 0 Å². The maximum atomic E-state index is 2.45. The molecule has 0 spiro atoms. The molecule has 0 N–H and O–H groups in total. The minimum absolute atomic E-state index is 0.692. The Hall–Kier alpha value is 0.350. The molecule has 0 aromatic heterocycles. The Morgan fingerprint density at radius 3 is 2.30 bits per heavy atom. The van der Waals surface area contributed by atoms with Crippen LogP contribution in [0.1, 0.15) is 39.0 Å². The molecule has 1 aliphatic rings. The van der Waals surface area contributed by atoms with E-state index in [1.165, 1.54) is 37.9 Å². The van der Waals surface area contributed by atoms with Gasteiger partial charge in [0.2, 0.25) is 0 Å². The smallest absolute Gasteiger partial charge is 0.00162 e. The predicted octanol–water partition coefficient (Wildman–Crippen LogP) is 3.32. The molecule has 1 rings (SSSR count). The normalized spacial score (nSPS) is 24.6. The molecule has 1 fully saturated rings. The van der Waals surface area contributed by atoms with Crippen LogP contribution in [0.25, 0.3) is 0 Å². The van der Waals surface area contributed by atoms with Gasteiger partial charge in [0.05, 0.1) is 0 Å². The van der Waals surface area contributed by atoms with Gasteiger partial charge in [-0.3, -0.25) is 0 Å². The highest BCUT2D eigenvalue weighted by molar-refractivity contribution is 7.98. The van der Waals surface area contributed by atoms with Crippen LogP contribution in [0.4, 0.5) is 0 Å². The van der Waals surface area contributed by atoms with Crippen molar-refractivity contribution in [3.05, 3.63) is 0 Å². The topological polar surface area (TPSA) is 0 Å². The molecule has 0 amide bonds. The van der Waals surface area contributed by atoms with E-state index in [9.17, 15) is 0 Å². The highest BCUT2D eigenvalue weighted by Gasteiger charge is 2.25. The van der Waals surface area contributed by atoms with Crippen LogP contribution in [-0.4, -0.2) is 12.0 Å². The Balaban J connectivity index is 2.32. The fourth-order valence-electron chi connectivity index (χ4n) is 1.90. The molecule has 60 valence electrons. The quantitative estimate of drug-likeness (QED) is 0.594. The summed E-state index contributed by atoms with van der Waals surface area (Å²) >= 11 is 2.01. The summed E-state index contributed by atoms with van der Waals surface area (Å²) in [6.07, 6.45) is 9.57. The Kier molecular flexibility index (Phi) is 3.09. The molecule has 0 atom stereocenters. The zero-order chi connectivity index (χ0) is 7.45. The molecule has 0 radical (unpaired) electrons. The lowest BCUT2D eigenvalue weighted by Crippen LogP contribution is -2.22. The third kappa shape index (κ3) is 2.19. The van der Waals surface area contributed by atoms with E-state index >= 15 is 0 Å². The van der Waals surface area contributed by atoms with Crippen molar-refractivity contribution >= 4 is 11.8 Å². The van der Waals surface area contributed by atoms with Crippen molar-refractivity contribution in [3.63, 3.8) is 0 Å². The molecule has 0 bridgehead atoms. The largest absolute Gasteiger partial charge is 0.165 e. The van der Waals surface area contributed by atoms with E-state index in [4.69, 9.17) is 0 Å². The summed E-state index contributed by atoms with van der Waals surface area (Å²) in [6, 6.07) is 0. The van der Waals surface area contributed by atoms with Crippen molar-refractivity contribution in [1.82, 2.24) is 0 Å². The summed E-state index contributed by atoms with van der Waals surface area (Å²) in [4.78, 5) is 0. The zero-order valence-corrected chi connectivity index (χ0v) is 7.97. The highest BCUT2D eigenvalue weighted by atomic mass is 32.2. The minimum atomic E-state index is 0.692. The number of hydrogen-bond acceptors (Lipinski definition) is 1. The fourth-order valence-corrected chi connectivity index (χ4v) is 2.88. The lowest BCUT2D eigenvalue weighted by atomic mass is 9.77.